The van der Waals surface area contributed by atoms with E-state index in [-0.39, 0.29) is 23.8 Å². The van der Waals surface area contributed by atoms with Crippen molar-refractivity contribution >= 4 is 63.7 Å². The summed E-state index contributed by atoms with van der Waals surface area (Å²) in [5.74, 6) is 0.271. The molecule has 10 heteroatoms. The van der Waals surface area contributed by atoms with Crippen LogP contribution in [0, 0.1) is 0 Å². The van der Waals surface area contributed by atoms with E-state index in [2.05, 4.69) is 5.16 Å². The molecule has 0 amide bonds. The third kappa shape index (κ3) is 7.11. The predicted octanol–water partition coefficient (Wildman–Crippen LogP) is 8.51. The van der Waals surface area contributed by atoms with Crippen molar-refractivity contribution in [3.8, 4) is 5.75 Å². The average Bonchev–Trinajstić information content (AvgIpc) is 3.29. The first-order valence-corrected chi connectivity index (χ1v) is 14.3. The quantitative estimate of drug-likeness (QED) is 0.183. The van der Waals surface area contributed by atoms with E-state index in [1.54, 1.807) is 54.6 Å². The van der Waals surface area contributed by atoms with Crippen LogP contribution in [0.1, 0.15) is 58.3 Å². The van der Waals surface area contributed by atoms with Gasteiger partial charge >= 0.3 is 5.97 Å². The fraction of sp³-hybridized carbons (Fsp3) is 0.172. The molecule has 6 nitrogen and oxygen atoms in total. The fourth-order valence-electron chi connectivity index (χ4n) is 3.82. The molecule has 4 rings (SSSR count). The standard InChI is InChI=1S/C29H24Cl3NO5S/c1-17(2)27-22(26(33-38-27)16-39(36)28-23(30)7-4-8-24(28)31)15-37-21-12-11-19(25(32)14-21)10-9-18-5-3-6-20(13-18)29(34)35/h3-14,17H,15-16H2,1-2H3,(H,34,35)/b10-9+. The number of hydrogen-bond acceptors (Lipinski definition) is 5. The number of carboxylic acid groups (broad SMARTS) is 1. The van der Waals surface area contributed by atoms with Gasteiger partial charge in [0.1, 0.15) is 23.8 Å². The van der Waals surface area contributed by atoms with Crippen LogP contribution in [0.5, 0.6) is 5.75 Å². The highest BCUT2D eigenvalue weighted by molar-refractivity contribution is 7.84. The molecule has 1 heterocycles. The zero-order valence-corrected chi connectivity index (χ0v) is 24.1. The van der Waals surface area contributed by atoms with Gasteiger partial charge in [-0.3, -0.25) is 4.21 Å². The normalized spacial score (nSPS) is 12.3. The third-order valence-electron chi connectivity index (χ3n) is 5.78. The van der Waals surface area contributed by atoms with Crippen LogP contribution in [0.3, 0.4) is 0 Å². The third-order valence-corrected chi connectivity index (χ3v) is 8.39. The minimum Gasteiger partial charge on any atom is -0.489 e. The molecule has 1 unspecified atom stereocenters. The summed E-state index contributed by atoms with van der Waals surface area (Å²) in [7, 11) is -1.55. The topological polar surface area (TPSA) is 89.6 Å². The minimum absolute atomic E-state index is 0.0258. The van der Waals surface area contributed by atoms with Gasteiger partial charge in [0.05, 0.1) is 47.6 Å². The molecule has 0 aliphatic heterocycles. The van der Waals surface area contributed by atoms with E-state index in [9.17, 15) is 14.1 Å². The number of nitrogens with zero attached hydrogens (tertiary/aromatic N) is 1. The molecular weight excluding hydrogens is 581 g/mol. The Balaban J connectivity index is 1.50. The van der Waals surface area contributed by atoms with E-state index in [0.29, 0.717) is 42.7 Å². The van der Waals surface area contributed by atoms with Crippen molar-refractivity contribution < 1.29 is 23.4 Å². The Hall–Kier alpha value is -3.10. The van der Waals surface area contributed by atoms with Crippen molar-refractivity contribution in [2.24, 2.45) is 0 Å². The van der Waals surface area contributed by atoms with Gasteiger partial charge < -0.3 is 14.4 Å². The molecule has 0 aliphatic rings. The molecule has 1 aromatic heterocycles. The molecule has 3 aromatic carbocycles. The number of rotatable bonds is 10. The maximum atomic E-state index is 13.1. The lowest BCUT2D eigenvalue weighted by Gasteiger charge is -2.11. The first-order valence-electron chi connectivity index (χ1n) is 11.9. The lowest BCUT2D eigenvalue weighted by molar-refractivity contribution is 0.0697. The number of ether oxygens (including phenoxy) is 1. The van der Waals surface area contributed by atoms with Gasteiger partial charge in [0.25, 0.3) is 0 Å². The fourth-order valence-corrected chi connectivity index (χ4v) is 6.16. The Morgan fingerprint density at radius 3 is 2.41 bits per heavy atom. The lowest BCUT2D eigenvalue weighted by Crippen LogP contribution is -2.06. The summed E-state index contributed by atoms with van der Waals surface area (Å²) in [6.45, 7) is 4.08. The van der Waals surface area contributed by atoms with Gasteiger partial charge in [-0.05, 0) is 53.6 Å². The lowest BCUT2D eigenvalue weighted by atomic mass is 10.1. The van der Waals surface area contributed by atoms with Gasteiger partial charge in [-0.15, -0.1) is 0 Å². The molecule has 4 aromatic rings. The van der Waals surface area contributed by atoms with Crippen LogP contribution >= 0.6 is 34.8 Å². The van der Waals surface area contributed by atoms with Crippen molar-refractivity contribution in [3.05, 3.63) is 109 Å². The second kappa shape index (κ2) is 12.8. The van der Waals surface area contributed by atoms with E-state index >= 15 is 0 Å². The Morgan fingerprint density at radius 2 is 1.74 bits per heavy atom. The van der Waals surface area contributed by atoms with Crippen LogP contribution < -0.4 is 4.74 Å². The number of halogens is 3. The number of aromatic carboxylic acids is 1. The van der Waals surface area contributed by atoms with Crippen molar-refractivity contribution in [1.82, 2.24) is 5.16 Å². The highest BCUT2D eigenvalue weighted by Crippen LogP contribution is 2.32. The molecule has 0 fully saturated rings. The summed E-state index contributed by atoms with van der Waals surface area (Å²) in [6.07, 6.45) is 3.59. The van der Waals surface area contributed by atoms with Gasteiger partial charge in [0, 0.05) is 5.92 Å². The Bertz CT molecular complexity index is 1540. The summed E-state index contributed by atoms with van der Waals surface area (Å²) in [6, 6.07) is 16.9. The van der Waals surface area contributed by atoms with Crippen molar-refractivity contribution in [2.75, 3.05) is 0 Å². The van der Waals surface area contributed by atoms with E-state index < -0.39 is 16.8 Å². The summed E-state index contributed by atoms with van der Waals surface area (Å²) in [5, 5.41) is 14.5. The smallest absolute Gasteiger partial charge is 0.335 e. The maximum absolute atomic E-state index is 13.1. The molecule has 39 heavy (non-hydrogen) atoms. The van der Waals surface area contributed by atoms with E-state index in [1.807, 2.05) is 26.0 Å². The van der Waals surface area contributed by atoms with Gasteiger partial charge in [0.15, 0.2) is 0 Å². The zero-order chi connectivity index (χ0) is 28.1. The summed E-state index contributed by atoms with van der Waals surface area (Å²) in [5.41, 5.74) is 2.90. The first-order chi connectivity index (χ1) is 18.6. The van der Waals surface area contributed by atoms with Crippen LogP contribution in [-0.4, -0.2) is 20.4 Å². The molecule has 0 spiro atoms. The molecular formula is C29H24Cl3NO5S. The van der Waals surface area contributed by atoms with Crippen LogP contribution in [0.15, 0.2) is 70.1 Å². The van der Waals surface area contributed by atoms with Gasteiger partial charge in [0.2, 0.25) is 0 Å². The number of hydrogen-bond donors (Lipinski definition) is 1. The maximum Gasteiger partial charge on any atom is 0.335 e. The molecule has 0 bridgehead atoms. The Morgan fingerprint density at radius 1 is 1.03 bits per heavy atom. The SMILES string of the molecule is CC(C)c1onc(CS(=O)c2c(Cl)cccc2Cl)c1COc1ccc(/C=C/c2cccc(C(=O)O)c2)c(Cl)c1. The molecule has 1 N–H and O–H groups in total. The van der Waals surface area contributed by atoms with Crippen LogP contribution in [0.2, 0.25) is 15.1 Å². The van der Waals surface area contributed by atoms with Crippen LogP contribution in [0.25, 0.3) is 12.2 Å². The molecule has 0 radical (unpaired) electrons. The van der Waals surface area contributed by atoms with E-state index in [1.165, 1.54) is 6.07 Å². The van der Waals surface area contributed by atoms with Gasteiger partial charge in [-0.2, -0.15) is 0 Å². The summed E-state index contributed by atoms with van der Waals surface area (Å²) < 4.78 is 24.7. The number of benzene rings is 3. The first kappa shape index (κ1) is 28.9. The largest absolute Gasteiger partial charge is 0.489 e. The van der Waals surface area contributed by atoms with Crippen molar-refractivity contribution in [2.45, 2.75) is 37.0 Å². The number of aromatic nitrogens is 1. The molecule has 0 aliphatic carbocycles. The van der Waals surface area contributed by atoms with E-state index in [0.717, 1.165) is 11.1 Å². The van der Waals surface area contributed by atoms with Gasteiger partial charge in [-0.25, -0.2) is 4.79 Å². The average molecular weight is 605 g/mol. The summed E-state index contributed by atoms with van der Waals surface area (Å²) in [4.78, 5) is 11.5. The van der Waals surface area contributed by atoms with E-state index in [4.69, 9.17) is 44.1 Å². The highest BCUT2D eigenvalue weighted by atomic mass is 35.5. The van der Waals surface area contributed by atoms with Crippen LogP contribution in [-0.2, 0) is 23.2 Å². The predicted molar refractivity (Wildman–Crippen MR) is 155 cm³/mol. The van der Waals surface area contributed by atoms with Crippen molar-refractivity contribution in [1.29, 1.82) is 0 Å². The number of carboxylic acids is 1. The number of carbonyl (C=O) groups is 1. The second-order valence-corrected chi connectivity index (χ2v) is 11.5. The summed E-state index contributed by atoms with van der Waals surface area (Å²) >= 11 is 19.0. The molecule has 202 valence electrons. The Kier molecular flexibility index (Phi) is 9.51. The zero-order valence-electron chi connectivity index (χ0n) is 21.0. The molecule has 1 atom stereocenters. The van der Waals surface area contributed by atoms with Crippen molar-refractivity contribution in [3.63, 3.8) is 0 Å². The van der Waals surface area contributed by atoms with Crippen LogP contribution in [0.4, 0.5) is 0 Å². The highest BCUT2D eigenvalue weighted by Gasteiger charge is 2.23. The van der Waals surface area contributed by atoms with Gasteiger partial charge in [-0.1, -0.05) is 84.2 Å². The Labute approximate surface area is 243 Å². The minimum atomic E-state index is -1.55. The molecule has 0 saturated carbocycles. The monoisotopic (exact) mass is 603 g/mol. The second-order valence-electron chi connectivity index (χ2n) is 8.90. The molecule has 0 saturated heterocycles.